The number of aryl methyl sites for hydroxylation is 1. The third kappa shape index (κ3) is 3.00. The lowest BCUT2D eigenvalue weighted by Gasteiger charge is -2.42. The maximum atomic E-state index is 13.1. The van der Waals surface area contributed by atoms with Crippen LogP contribution in [0.4, 0.5) is 0 Å². The predicted octanol–water partition coefficient (Wildman–Crippen LogP) is 1.52. The van der Waals surface area contributed by atoms with Crippen LogP contribution in [-0.2, 0) is 20.4 Å². The van der Waals surface area contributed by atoms with Crippen molar-refractivity contribution in [1.82, 2.24) is 18.8 Å². The molecule has 1 atom stereocenters. The van der Waals surface area contributed by atoms with Gasteiger partial charge in [-0.2, -0.15) is 4.31 Å². The third-order valence-electron chi connectivity index (χ3n) is 4.63. The maximum absolute atomic E-state index is 13.1. The Balaban J connectivity index is 2.03. The van der Waals surface area contributed by atoms with Gasteiger partial charge in [0.05, 0.1) is 6.33 Å². The summed E-state index contributed by atoms with van der Waals surface area (Å²) < 4.78 is 29.8. The molecule has 1 aliphatic rings. The molecular formula is C16H22N4O3S2. The van der Waals surface area contributed by atoms with Crippen LogP contribution in [0.3, 0.4) is 0 Å². The van der Waals surface area contributed by atoms with E-state index in [0.717, 1.165) is 5.56 Å². The van der Waals surface area contributed by atoms with Crippen LogP contribution in [-0.4, -0.2) is 60.3 Å². The molecule has 1 unspecified atom stereocenters. The molecule has 0 bridgehead atoms. The summed E-state index contributed by atoms with van der Waals surface area (Å²) in [6, 6.07) is 1.80. The molecule has 1 saturated heterocycles. The number of imidazole rings is 1. The van der Waals surface area contributed by atoms with Gasteiger partial charge in [0.15, 0.2) is 0 Å². The number of hydrogen-bond donors (Lipinski definition) is 0. The average Bonchev–Trinajstić information content (AvgIpc) is 3.25. The smallest absolute Gasteiger partial charge is 0.252 e. The van der Waals surface area contributed by atoms with E-state index in [9.17, 15) is 13.2 Å². The van der Waals surface area contributed by atoms with E-state index in [2.05, 4.69) is 4.98 Å². The Morgan fingerprint density at radius 1 is 1.40 bits per heavy atom. The molecule has 1 fully saturated rings. The minimum atomic E-state index is -3.62. The molecule has 0 N–H and O–H groups in total. The Morgan fingerprint density at radius 2 is 2.16 bits per heavy atom. The fraction of sp³-hybridized carbons (Fsp3) is 0.500. The number of carbonyl (C=O) groups excluding carboxylic acids is 1. The van der Waals surface area contributed by atoms with Crippen molar-refractivity contribution >= 4 is 27.3 Å². The van der Waals surface area contributed by atoms with E-state index in [-0.39, 0.29) is 12.5 Å². The Kier molecular flexibility index (Phi) is 4.74. The Bertz CT molecular complexity index is 858. The molecular weight excluding hydrogens is 360 g/mol. The molecule has 1 aliphatic heterocycles. The first kappa shape index (κ1) is 18.1. The van der Waals surface area contributed by atoms with Gasteiger partial charge in [-0.05, 0) is 36.8 Å². The van der Waals surface area contributed by atoms with Crippen molar-refractivity contribution in [2.45, 2.75) is 29.5 Å². The fourth-order valence-corrected chi connectivity index (χ4v) is 6.45. The minimum absolute atomic E-state index is 0.111. The first-order valence-electron chi connectivity index (χ1n) is 8.03. The summed E-state index contributed by atoms with van der Waals surface area (Å²) >= 11 is 1.22. The maximum Gasteiger partial charge on any atom is 0.252 e. The van der Waals surface area contributed by atoms with Crippen molar-refractivity contribution in [2.24, 2.45) is 0 Å². The zero-order chi connectivity index (χ0) is 18.2. The lowest BCUT2D eigenvalue weighted by atomic mass is 9.88. The standard InChI is InChI=1S/C16H22N4O3S2/c1-13-5-10-24-14(13)25(22,23)20-8-4-6-16(11-20,15(21)18(2)3)19-9-7-17-12-19/h5,7,9-10,12H,4,6,8,11H2,1-3H3. The SMILES string of the molecule is Cc1ccsc1S(=O)(=O)N1CCCC(C(=O)N(C)C)(n2ccnc2)C1. The quantitative estimate of drug-likeness (QED) is 0.803. The van der Waals surface area contributed by atoms with Gasteiger partial charge in [-0.25, -0.2) is 13.4 Å². The van der Waals surface area contributed by atoms with Gasteiger partial charge in [-0.15, -0.1) is 11.3 Å². The number of amides is 1. The monoisotopic (exact) mass is 382 g/mol. The molecule has 25 heavy (non-hydrogen) atoms. The van der Waals surface area contributed by atoms with Gasteiger partial charge in [-0.1, -0.05) is 0 Å². The number of hydrogen-bond acceptors (Lipinski definition) is 5. The lowest BCUT2D eigenvalue weighted by molar-refractivity contribution is -0.140. The second-order valence-corrected chi connectivity index (χ2v) is 9.58. The summed E-state index contributed by atoms with van der Waals surface area (Å²) in [5.41, 5.74) is -0.223. The highest BCUT2D eigenvalue weighted by Gasteiger charge is 2.47. The molecule has 3 heterocycles. The zero-order valence-electron chi connectivity index (χ0n) is 14.5. The summed E-state index contributed by atoms with van der Waals surface area (Å²) in [5, 5.41) is 1.78. The van der Waals surface area contributed by atoms with Gasteiger partial charge in [0.1, 0.15) is 9.75 Å². The van der Waals surface area contributed by atoms with Gasteiger partial charge < -0.3 is 9.47 Å². The van der Waals surface area contributed by atoms with Gasteiger partial charge in [0.2, 0.25) is 5.91 Å². The van der Waals surface area contributed by atoms with E-state index < -0.39 is 15.6 Å². The highest BCUT2D eigenvalue weighted by Crippen LogP contribution is 2.35. The molecule has 3 rings (SSSR count). The number of piperidine rings is 1. The van der Waals surface area contributed by atoms with E-state index in [1.807, 2.05) is 0 Å². The van der Waals surface area contributed by atoms with Crippen LogP contribution in [0.1, 0.15) is 18.4 Å². The Morgan fingerprint density at radius 3 is 2.72 bits per heavy atom. The van der Waals surface area contributed by atoms with E-state index >= 15 is 0 Å². The number of sulfonamides is 1. The van der Waals surface area contributed by atoms with E-state index in [4.69, 9.17) is 0 Å². The lowest BCUT2D eigenvalue weighted by Crippen LogP contribution is -2.58. The number of rotatable bonds is 4. The first-order chi connectivity index (χ1) is 11.8. The molecule has 136 valence electrons. The molecule has 0 saturated carbocycles. The Labute approximate surface area is 151 Å². The Hall–Kier alpha value is -1.71. The van der Waals surface area contributed by atoms with Gasteiger partial charge in [0.25, 0.3) is 10.0 Å². The number of nitrogens with zero attached hydrogens (tertiary/aromatic N) is 4. The summed E-state index contributed by atoms with van der Waals surface area (Å²) in [5.74, 6) is -0.117. The van der Waals surface area contributed by atoms with E-state index in [1.165, 1.54) is 20.5 Å². The summed E-state index contributed by atoms with van der Waals surface area (Å²) in [4.78, 5) is 18.6. The molecule has 1 amide bonds. The second-order valence-electron chi connectivity index (χ2n) is 6.53. The number of likely N-dealkylation sites (N-methyl/N-ethyl adjacent to an activating group) is 1. The van der Waals surface area contributed by atoms with Crippen LogP contribution >= 0.6 is 11.3 Å². The van der Waals surface area contributed by atoms with Crippen LogP contribution in [0.15, 0.2) is 34.4 Å². The number of carbonyl (C=O) groups is 1. The van der Waals surface area contributed by atoms with Crippen molar-refractivity contribution in [3.8, 4) is 0 Å². The van der Waals surface area contributed by atoms with Crippen molar-refractivity contribution < 1.29 is 13.2 Å². The topological polar surface area (TPSA) is 75.5 Å². The van der Waals surface area contributed by atoms with Crippen LogP contribution in [0.2, 0.25) is 0 Å². The van der Waals surface area contributed by atoms with E-state index in [0.29, 0.717) is 23.6 Å². The molecule has 2 aromatic heterocycles. The van der Waals surface area contributed by atoms with Gasteiger partial charge >= 0.3 is 0 Å². The molecule has 0 aromatic carbocycles. The average molecular weight is 383 g/mol. The second kappa shape index (κ2) is 6.54. The van der Waals surface area contributed by atoms with Crippen molar-refractivity contribution in [3.63, 3.8) is 0 Å². The van der Waals surface area contributed by atoms with Gasteiger partial charge in [0, 0.05) is 39.6 Å². The molecule has 7 nitrogen and oxygen atoms in total. The summed E-state index contributed by atoms with van der Waals surface area (Å²) in [6.45, 7) is 2.32. The summed E-state index contributed by atoms with van der Waals surface area (Å²) in [7, 11) is -0.239. The number of aromatic nitrogens is 2. The van der Waals surface area contributed by atoms with Gasteiger partial charge in [-0.3, -0.25) is 4.79 Å². The summed E-state index contributed by atoms with van der Waals surface area (Å²) in [6.07, 6.45) is 6.13. The molecule has 9 heteroatoms. The van der Waals surface area contributed by atoms with Crippen LogP contribution in [0.25, 0.3) is 0 Å². The third-order valence-corrected chi connectivity index (χ3v) is 8.14. The minimum Gasteiger partial charge on any atom is -0.347 e. The predicted molar refractivity (Wildman–Crippen MR) is 95.9 cm³/mol. The van der Waals surface area contributed by atoms with Crippen LogP contribution in [0.5, 0.6) is 0 Å². The highest BCUT2D eigenvalue weighted by atomic mass is 32.2. The van der Waals surface area contributed by atoms with Crippen molar-refractivity contribution in [2.75, 3.05) is 27.2 Å². The number of thiophene rings is 1. The van der Waals surface area contributed by atoms with Crippen LogP contribution < -0.4 is 0 Å². The molecule has 0 spiro atoms. The zero-order valence-corrected chi connectivity index (χ0v) is 16.2. The molecule has 0 radical (unpaired) electrons. The fourth-order valence-electron chi connectivity index (χ4n) is 3.37. The molecule has 2 aromatic rings. The van der Waals surface area contributed by atoms with E-state index in [1.54, 1.807) is 55.8 Å². The van der Waals surface area contributed by atoms with Crippen molar-refractivity contribution in [3.05, 3.63) is 35.7 Å². The van der Waals surface area contributed by atoms with Crippen LogP contribution in [0, 0.1) is 6.92 Å². The largest absolute Gasteiger partial charge is 0.347 e. The van der Waals surface area contributed by atoms with Crippen molar-refractivity contribution in [1.29, 1.82) is 0 Å². The highest BCUT2D eigenvalue weighted by molar-refractivity contribution is 7.91. The first-order valence-corrected chi connectivity index (χ1v) is 10.4. The normalized spacial score (nSPS) is 22.0. The molecule has 0 aliphatic carbocycles.